The minimum atomic E-state index is 0.0298. The van der Waals surface area contributed by atoms with Crippen molar-refractivity contribution in [2.45, 2.75) is 58.2 Å². The van der Waals surface area contributed by atoms with Gasteiger partial charge >= 0.3 is 0 Å². The number of nitrogens with zero attached hydrogens (tertiary/aromatic N) is 1. The monoisotopic (exact) mass is 210 g/mol. The van der Waals surface area contributed by atoms with E-state index < -0.39 is 0 Å². The van der Waals surface area contributed by atoms with Gasteiger partial charge in [-0.15, -0.1) is 0 Å². The van der Waals surface area contributed by atoms with Crippen LogP contribution in [0.3, 0.4) is 0 Å². The molecule has 0 radical (unpaired) electrons. The van der Waals surface area contributed by atoms with E-state index in [1.165, 1.54) is 25.7 Å². The summed E-state index contributed by atoms with van der Waals surface area (Å²) in [5, 5.41) is 3.46. The van der Waals surface area contributed by atoms with Gasteiger partial charge < -0.3 is 4.90 Å². The van der Waals surface area contributed by atoms with Crippen LogP contribution in [0.25, 0.3) is 0 Å². The van der Waals surface area contributed by atoms with Crippen molar-refractivity contribution in [2.24, 2.45) is 5.92 Å². The molecule has 1 amide bonds. The van der Waals surface area contributed by atoms with Crippen LogP contribution in [0.1, 0.15) is 46.0 Å². The smallest absolute Gasteiger partial charge is 0.240 e. The molecular weight excluding hydrogens is 188 g/mol. The van der Waals surface area contributed by atoms with E-state index in [2.05, 4.69) is 17.1 Å². The fourth-order valence-corrected chi connectivity index (χ4v) is 2.96. The molecular formula is C12H22N2O. The third kappa shape index (κ3) is 2.03. The minimum Gasteiger partial charge on any atom is -0.326 e. The van der Waals surface area contributed by atoms with Crippen molar-refractivity contribution in [2.75, 3.05) is 6.54 Å². The van der Waals surface area contributed by atoms with Crippen molar-refractivity contribution >= 4 is 5.91 Å². The lowest BCUT2D eigenvalue weighted by atomic mass is 10.0. The summed E-state index contributed by atoms with van der Waals surface area (Å²) in [4.78, 5) is 14.0. The predicted molar refractivity (Wildman–Crippen MR) is 60.3 cm³/mol. The van der Waals surface area contributed by atoms with Gasteiger partial charge in [0.25, 0.3) is 0 Å². The summed E-state index contributed by atoms with van der Waals surface area (Å²) in [5.41, 5.74) is 0. The minimum absolute atomic E-state index is 0.0298. The van der Waals surface area contributed by atoms with Gasteiger partial charge in [-0.25, -0.2) is 0 Å². The van der Waals surface area contributed by atoms with Crippen molar-refractivity contribution < 1.29 is 4.79 Å². The lowest BCUT2D eigenvalue weighted by Gasteiger charge is -2.28. The van der Waals surface area contributed by atoms with Crippen molar-refractivity contribution in [1.82, 2.24) is 10.2 Å². The molecule has 1 saturated carbocycles. The van der Waals surface area contributed by atoms with Gasteiger partial charge in [-0.1, -0.05) is 19.8 Å². The molecule has 2 rings (SSSR count). The van der Waals surface area contributed by atoms with Crippen molar-refractivity contribution in [3.8, 4) is 0 Å². The molecule has 1 aliphatic carbocycles. The summed E-state index contributed by atoms with van der Waals surface area (Å²) in [7, 11) is 0. The molecule has 0 aromatic heterocycles. The summed E-state index contributed by atoms with van der Waals surface area (Å²) in [5.74, 6) is 0.999. The summed E-state index contributed by atoms with van der Waals surface area (Å²) in [6, 6.07) is 0.0298. The molecule has 0 spiro atoms. The molecule has 2 unspecified atom stereocenters. The number of carbonyl (C=O) groups is 1. The van der Waals surface area contributed by atoms with E-state index in [-0.39, 0.29) is 6.04 Å². The number of carbonyl (C=O) groups excluding carboxylic acids is 1. The quantitative estimate of drug-likeness (QED) is 0.769. The molecule has 2 fully saturated rings. The van der Waals surface area contributed by atoms with E-state index >= 15 is 0 Å². The van der Waals surface area contributed by atoms with Gasteiger partial charge in [0, 0.05) is 6.54 Å². The first-order chi connectivity index (χ1) is 7.24. The number of amides is 1. The molecule has 1 aliphatic heterocycles. The summed E-state index contributed by atoms with van der Waals surface area (Å²) in [6.07, 6.45) is 6.64. The maximum absolute atomic E-state index is 11.9. The average Bonchev–Trinajstić information content (AvgIpc) is 2.81. The molecule has 1 N–H and O–H groups in total. The Kier molecular flexibility index (Phi) is 3.29. The van der Waals surface area contributed by atoms with Crippen LogP contribution in [0.2, 0.25) is 0 Å². The molecule has 1 heterocycles. The normalized spacial score (nSPS) is 32.9. The summed E-state index contributed by atoms with van der Waals surface area (Å²) < 4.78 is 0. The second-order valence-corrected chi connectivity index (χ2v) is 4.91. The molecule has 2 atom stereocenters. The molecule has 3 heteroatoms. The Labute approximate surface area is 92.2 Å². The van der Waals surface area contributed by atoms with Crippen LogP contribution in [-0.4, -0.2) is 29.6 Å². The zero-order chi connectivity index (χ0) is 10.8. The molecule has 15 heavy (non-hydrogen) atoms. The topological polar surface area (TPSA) is 32.3 Å². The Hall–Kier alpha value is -0.570. The van der Waals surface area contributed by atoms with Crippen LogP contribution < -0.4 is 5.32 Å². The van der Waals surface area contributed by atoms with Crippen LogP contribution in [-0.2, 0) is 4.79 Å². The van der Waals surface area contributed by atoms with Crippen molar-refractivity contribution in [3.05, 3.63) is 0 Å². The highest BCUT2D eigenvalue weighted by atomic mass is 16.2. The first-order valence-corrected chi connectivity index (χ1v) is 6.30. The Balaban J connectivity index is 2.05. The molecule has 86 valence electrons. The number of rotatable bonds is 3. The van der Waals surface area contributed by atoms with Gasteiger partial charge in [-0.2, -0.15) is 0 Å². The first-order valence-electron chi connectivity index (χ1n) is 6.30. The highest BCUT2D eigenvalue weighted by Gasteiger charge is 2.40. The van der Waals surface area contributed by atoms with Gasteiger partial charge in [0.1, 0.15) is 0 Å². The van der Waals surface area contributed by atoms with E-state index in [0.29, 0.717) is 18.0 Å². The Morgan fingerprint density at radius 2 is 2.07 bits per heavy atom. The van der Waals surface area contributed by atoms with Crippen molar-refractivity contribution in [1.29, 1.82) is 0 Å². The van der Waals surface area contributed by atoms with Gasteiger partial charge in [0.2, 0.25) is 5.91 Å². The maximum atomic E-state index is 11.9. The van der Waals surface area contributed by atoms with Gasteiger partial charge in [-0.3, -0.25) is 10.1 Å². The summed E-state index contributed by atoms with van der Waals surface area (Å²) in [6.45, 7) is 5.04. The lowest BCUT2D eigenvalue weighted by molar-refractivity contribution is -0.130. The third-order valence-electron chi connectivity index (χ3n) is 3.72. The third-order valence-corrected chi connectivity index (χ3v) is 3.72. The lowest BCUT2D eigenvalue weighted by Crippen LogP contribution is -2.42. The van der Waals surface area contributed by atoms with Crippen LogP contribution in [0.15, 0.2) is 0 Å². The molecule has 2 aliphatic rings. The van der Waals surface area contributed by atoms with Crippen LogP contribution >= 0.6 is 0 Å². The molecule has 1 saturated heterocycles. The van der Waals surface area contributed by atoms with Crippen LogP contribution in [0.5, 0.6) is 0 Å². The SMILES string of the molecule is CCCN1C(=O)C(C)NC1C1CCCC1. The van der Waals surface area contributed by atoms with E-state index in [1.54, 1.807) is 0 Å². The largest absolute Gasteiger partial charge is 0.326 e. The molecule has 3 nitrogen and oxygen atoms in total. The molecule has 0 aromatic rings. The zero-order valence-corrected chi connectivity index (χ0v) is 9.83. The average molecular weight is 210 g/mol. The van der Waals surface area contributed by atoms with E-state index in [1.807, 2.05) is 6.92 Å². The zero-order valence-electron chi connectivity index (χ0n) is 9.83. The molecule has 0 aromatic carbocycles. The Morgan fingerprint density at radius 3 is 2.67 bits per heavy atom. The van der Waals surface area contributed by atoms with Crippen molar-refractivity contribution in [3.63, 3.8) is 0 Å². The number of hydrogen-bond acceptors (Lipinski definition) is 2. The van der Waals surface area contributed by atoms with Crippen LogP contribution in [0, 0.1) is 5.92 Å². The van der Waals surface area contributed by atoms with Gasteiger partial charge in [0.15, 0.2) is 0 Å². The fourth-order valence-electron chi connectivity index (χ4n) is 2.96. The Morgan fingerprint density at radius 1 is 1.40 bits per heavy atom. The van der Waals surface area contributed by atoms with E-state index in [9.17, 15) is 4.79 Å². The van der Waals surface area contributed by atoms with Gasteiger partial charge in [0.05, 0.1) is 12.2 Å². The maximum Gasteiger partial charge on any atom is 0.240 e. The van der Waals surface area contributed by atoms with Crippen LogP contribution in [0.4, 0.5) is 0 Å². The fraction of sp³-hybridized carbons (Fsp3) is 0.917. The predicted octanol–water partition coefficient (Wildman–Crippen LogP) is 1.73. The number of nitrogens with one attached hydrogen (secondary N) is 1. The highest BCUT2D eigenvalue weighted by molar-refractivity contribution is 5.83. The standard InChI is InChI=1S/C12H22N2O/c1-3-8-14-11(10-6-4-5-7-10)13-9(2)12(14)15/h9-11,13H,3-8H2,1-2H3. The first kappa shape index (κ1) is 10.9. The second kappa shape index (κ2) is 4.52. The molecule has 0 bridgehead atoms. The number of hydrogen-bond donors (Lipinski definition) is 1. The van der Waals surface area contributed by atoms with E-state index in [4.69, 9.17) is 0 Å². The van der Waals surface area contributed by atoms with Gasteiger partial charge in [-0.05, 0) is 32.1 Å². The highest BCUT2D eigenvalue weighted by Crippen LogP contribution is 2.31. The second-order valence-electron chi connectivity index (χ2n) is 4.91. The Bertz CT molecular complexity index is 236. The van der Waals surface area contributed by atoms with E-state index in [0.717, 1.165) is 13.0 Å². The summed E-state index contributed by atoms with van der Waals surface area (Å²) >= 11 is 0.